The molecule has 10 heteroatoms. The smallest absolute Gasteiger partial charge is 0.315 e. The van der Waals surface area contributed by atoms with Crippen molar-refractivity contribution in [2.45, 2.75) is 31.6 Å². The molecular formula is C8H7F9O. The molecule has 0 unspecified atom stereocenters. The van der Waals surface area contributed by atoms with Crippen LogP contribution in [0.25, 0.3) is 0 Å². The Bertz CT molecular complexity index is 317. The van der Waals surface area contributed by atoms with Gasteiger partial charge in [-0.25, -0.2) is 4.39 Å². The van der Waals surface area contributed by atoms with Crippen LogP contribution in [-0.4, -0.2) is 24.8 Å². The summed E-state index contributed by atoms with van der Waals surface area (Å²) in [5.41, 5.74) is 0. The van der Waals surface area contributed by atoms with Crippen LogP contribution in [0.1, 0.15) is 13.3 Å². The molecule has 0 heterocycles. The average Bonchev–Trinajstić information content (AvgIpc) is 2.22. The highest BCUT2D eigenvalue weighted by atomic mass is 19.4. The van der Waals surface area contributed by atoms with E-state index >= 15 is 0 Å². The van der Waals surface area contributed by atoms with Gasteiger partial charge in [0.2, 0.25) is 11.7 Å². The van der Waals surface area contributed by atoms with Crippen molar-refractivity contribution in [1.82, 2.24) is 0 Å². The maximum Gasteiger partial charge on any atom is 0.460 e. The standard InChI is InChI=1S/C8H7F9O/c1-2-3-18-7(13,14)5(10)4(9)6(11,12)8(15,16)17/h2-3H2,1H3. The van der Waals surface area contributed by atoms with Crippen LogP contribution in [-0.2, 0) is 4.74 Å². The van der Waals surface area contributed by atoms with Gasteiger partial charge < -0.3 is 4.74 Å². The van der Waals surface area contributed by atoms with Gasteiger partial charge in [-0.3, -0.25) is 0 Å². The quantitative estimate of drug-likeness (QED) is 0.684. The van der Waals surface area contributed by atoms with Gasteiger partial charge in [0.05, 0.1) is 6.61 Å². The van der Waals surface area contributed by atoms with Crippen LogP contribution in [0, 0.1) is 0 Å². The first kappa shape index (κ1) is 17.1. The molecule has 0 spiro atoms. The Labute approximate surface area is 95.2 Å². The van der Waals surface area contributed by atoms with Gasteiger partial charge in [-0.2, -0.15) is 35.1 Å². The van der Waals surface area contributed by atoms with Crippen molar-refractivity contribution in [2.24, 2.45) is 0 Å². The number of ether oxygens (including phenoxy) is 1. The molecule has 18 heavy (non-hydrogen) atoms. The Morgan fingerprint density at radius 3 is 1.67 bits per heavy atom. The summed E-state index contributed by atoms with van der Waals surface area (Å²) in [5.74, 6) is -13.9. The molecule has 0 aliphatic heterocycles. The van der Waals surface area contributed by atoms with E-state index in [1.165, 1.54) is 6.92 Å². The molecule has 0 rings (SSSR count). The summed E-state index contributed by atoms with van der Waals surface area (Å²) in [5, 5.41) is 0. The molecule has 0 fully saturated rings. The van der Waals surface area contributed by atoms with E-state index in [2.05, 4.69) is 4.74 Å². The Hall–Kier alpha value is -0.930. The lowest BCUT2D eigenvalue weighted by Gasteiger charge is -2.20. The Morgan fingerprint density at radius 2 is 1.33 bits per heavy atom. The minimum atomic E-state index is -6.53. The lowest BCUT2D eigenvalue weighted by atomic mass is 10.2. The zero-order valence-corrected chi connectivity index (χ0v) is 8.72. The molecule has 0 aromatic carbocycles. The number of hydrogen-bond donors (Lipinski definition) is 0. The SMILES string of the molecule is CCCOC(F)(F)C(F)=C(F)C(F)(F)C(F)(F)F. The van der Waals surface area contributed by atoms with Crippen LogP contribution < -0.4 is 0 Å². The van der Waals surface area contributed by atoms with Crippen molar-refractivity contribution < 1.29 is 44.3 Å². The van der Waals surface area contributed by atoms with Gasteiger partial charge in [0.15, 0.2) is 0 Å². The van der Waals surface area contributed by atoms with Gasteiger partial charge in [-0.15, -0.1) is 0 Å². The van der Waals surface area contributed by atoms with Crippen molar-refractivity contribution in [3.05, 3.63) is 11.7 Å². The number of hydrogen-bond acceptors (Lipinski definition) is 1. The second kappa shape index (κ2) is 5.37. The summed E-state index contributed by atoms with van der Waals surface area (Å²) in [6.07, 6.45) is -11.8. The number of rotatable bonds is 5. The van der Waals surface area contributed by atoms with E-state index in [9.17, 15) is 39.5 Å². The molecule has 0 aromatic heterocycles. The van der Waals surface area contributed by atoms with Gasteiger partial charge in [0.25, 0.3) is 0 Å². The van der Waals surface area contributed by atoms with E-state index in [0.29, 0.717) is 0 Å². The summed E-state index contributed by atoms with van der Waals surface area (Å²) >= 11 is 0. The van der Waals surface area contributed by atoms with E-state index in [4.69, 9.17) is 0 Å². The predicted octanol–water partition coefficient (Wildman–Crippen LogP) is 4.35. The third-order valence-electron chi connectivity index (χ3n) is 1.57. The summed E-state index contributed by atoms with van der Waals surface area (Å²) in [4.78, 5) is 0. The highest BCUT2D eigenvalue weighted by molar-refractivity contribution is 5.16. The van der Waals surface area contributed by atoms with Crippen LogP contribution in [0.3, 0.4) is 0 Å². The highest BCUT2D eigenvalue weighted by Gasteiger charge is 2.64. The molecule has 0 N–H and O–H groups in total. The van der Waals surface area contributed by atoms with Crippen molar-refractivity contribution >= 4 is 0 Å². The zero-order chi connectivity index (χ0) is 14.8. The molecule has 0 aliphatic carbocycles. The van der Waals surface area contributed by atoms with E-state index < -0.39 is 36.5 Å². The third kappa shape index (κ3) is 3.53. The molecule has 0 saturated heterocycles. The van der Waals surface area contributed by atoms with Crippen molar-refractivity contribution in [2.75, 3.05) is 6.61 Å². The molecule has 0 aromatic rings. The zero-order valence-electron chi connectivity index (χ0n) is 8.72. The lowest BCUT2D eigenvalue weighted by Crippen LogP contribution is -2.39. The van der Waals surface area contributed by atoms with Gasteiger partial charge in [0, 0.05) is 0 Å². The first-order valence-electron chi connectivity index (χ1n) is 4.40. The van der Waals surface area contributed by atoms with Crippen LogP contribution in [0.4, 0.5) is 39.5 Å². The minimum Gasteiger partial charge on any atom is -0.315 e. The topological polar surface area (TPSA) is 9.23 Å². The van der Waals surface area contributed by atoms with E-state index in [0.717, 1.165) is 0 Å². The van der Waals surface area contributed by atoms with Crippen molar-refractivity contribution in [3.63, 3.8) is 0 Å². The van der Waals surface area contributed by atoms with Gasteiger partial charge in [-0.05, 0) is 6.42 Å². The summed E-state index contributed by atoms with van der Waals surface area (Å²) in [7, 11) is 0. The van der Waals surface area contributed by atoms with Gasteiger partial charge in [-0.1, -0.05) is 6.92 Å². The fraction of sp³-hybridized carbons (Fsp3) is 0.750. The molecule has 108 valence electrons. The summed E-state index contributed by atoms with van der Waals surface area (Å²) in [6.45, 7) is 0.420. The highest BCUT2D eigenvalue weighted by Crippen LogP contribution is 2.45. The second-order valence-electron chi connectivity index (χ2n) is 3.07. The Morgan fingerprint density at radius 1 is 0.889 bits per heavy atom. The normalized spacial score (nSPS) is 15.7. The van der Waals surface area contributed by atoms with E-state index in [-0.39, 0.29) is 6.42 Å². The minimum absolute atomic E-state index is 0.111. The second-order valence-corrected chi connectivity index (χ2v) is 3.07. The average molecular weight is 290 g/mol. The van der Waals surface area contributed by atoms with Crippen molar-refractivity contribution in [1.29, 1.82) is 0 Å². The molecular weight excluding hydrogens is 283 g/mol. The van der Waals surface area contributed by atoms with Crippen LogP contribution in [0.5, 0.6) is 0 Å². The fourth-order valence-corrected chi connectivity index (χ4v) is 0.684. The number of allylic oxidation sites excluding steroid dienone is 1. The van der Waals surface area contributed by atoms with Crippen LogP contribution in [0.15, 0.2) is 11.7 Å². The largest absolute Gasteiger partial charge is 0.460 e. The van der Waals surface area contributed by atoms with Gasteiger partial charge in [0.1, 0.15) is 0 Å². The van der Waals surface area contributed by atoms with E-state index in [1.54, 1.807) is 0 Å². The molecule has 0 amide bonds. The first-order valence-corrected chi connectivity index (χ1v) is 4.40. The predicted molar refractivity (Wildman–Crippen MR) is 41.4 cm³/mol. The molecule has 0 radical (unpaired) electrons. The molecule has 1 nitrogen and oxygen atoms in total. The Kier molecular flexibility index (Phi) is 5.09. The first-order chi connectivity index (χ1) is 7.88. The Balaban J connectivity index is 5.36. The molecule has 0 saturated carbocycles. The maximum atomic E-state index is 12.6. The van der Waals surface area contributed by atoms with E-state index in [1.807, 2.05) is 0 Å². The van der Waals surface area contributed by atoms with Crippen molar-refractivity contribution in [3.8, 4) is 0 Å². The van der Waals surface area contributed by atoms with Crippen LogP contribution >= 0.6 is 0 Å². The third-order valence-corrected chi connectivity index (χ3v) is 1.57. The number of halogens is 9. The fourth-order valence-electron chi connectivity index (χ4n) is 0.684. The van der Waals surface area contributed by atoms with Gasteiger partial charge >= 0.3 is 18.2 Å². The molecule has 0 bridgehead atoms. The summed E-state index contributed by atoms with van der Waals surface area (Å²) in [6, 6.07) is 0. The summed E-state index contributed by atoms with van der Waals surface area (Å²) < 4.78 is 113. The lowest BCUT2D eigenvalue weighted by molar-refractivity contribution is -0.276. The molecule has 0 aliphatic rings. The molecule has 0 atom stereocenters. The number of alkyl halides is 7. The maximum absolute atomic E-state index is 12.6. The van der Waals surface area contributed by atoms with Crippen LogP contribution in [0.2, 0.25) is 0 Å². The monoisotopic (exact) mass is 290 g/mol.